The van der Waals surface area contributed by atoms with E-state index >= 15 is 0 Å². The topological polar surface area (TPSA) is 81.4 Å². The van der Waals surface area contributed by atoms with Crippen molar-refractivity contribution >= 4 is 35.5 Å². The van der Waals surface area contributed by atoms with Gasteiger partial charge >= 0.3 is 0 Å². The van der Waals surface area contributed by atoms with Crippen molar-refractivity contribution in [1.82, 2.24) is 20.2 Å². The number of aromatic nitrogens is 3. The second-order valence-electron chi connectivity index (χ2n) is 7.42. The Labute approximate surface area is 211 Å². The average Bonchev–Trinajstić information content (AvgIpc) is 3.29. The maximum Gasteiger partial charge on any atom is 0.250 e. The Kier molecular flexibility index (Phi) is 7.79. The number of benzene rings is 3. The minimum Gasteiger partial charge on any atom is -0.497 e. The van der Waals surface area contributed by atoms with E-state index in [0.29, 0.717) is 11.0 Å². The van der Waals surface area contributed by atoms with Crippen LogP contribution in [0.2, 0.25) is 5.02 Å². The van der Waals surface area contributed by atoms with Crippen LogP contribution in [0.4, 0.5) is 4.39 Å². The zero-order valence-electron chi connectivity index (χ0n) is 18.9. The number of nitrogens with one attached hydrogen (secondary N) is 1. The zero-order valence-corrected chi connectivity index (χ0v) is 20.5. The van der Waals surface area contributed by atoms with Crippen molar-refractivity contribution in [3.63, 3.8) is 0 Å². The molecule has 3 aromatic carbocycles. The number of carbonyl (C=O) groups is 1. The first-order valence-corrected chi connectivity index (χ1v) is 11.9. The molecule has 1 aromatic heterocycles. The van der Waals surface area contributed by atoms with Crippen LogP contribution in [0, 0.1) is 12.7 Å². The predicted molar refractivity (Wildman–Crippen MR) is 136 cm³/mol. The van der Waals surface area contributed by atoms with Crippen LogP contribution in [0.25, 0.3) is 17.1 Å². The van der Waals surface area contributed by atoms with Gasteiger partial charge in [-0.05, 0) is 55.5 Å². The molecule has 0 aliphatic heterocycles. The number of carbonyl (C=O) groups excluding carboxylic acids is 1. The highest BCUT2D eigenvalue weighted by Gasteiger charge is 2.17. The Morgan fingerprint density at radius 1 is 1.14 bits per heavy atom. The predicted octanol–water partition coefficient (Wildman–Crippen LogP) is 5.29. The molecule has 7 nitrogen and oxygen atoms in total. The Morgan fingerprint density at radius 2 is 1.89 bits per heavy atom. The summed E-state index contributed by atoms with van der Waals surface area (Å²) in [5, 5.41) is 13.2. The van der Waals surface area contributed by atoms with Gasteiger partial charge in [0.2, 0.25) is 0 Å². The molecule has 0 fully saturated rings. The summed E-state index contributed by atoms with van der Waals surface area (Å²) in [5.74, 6) is 0.477. The fraction of sp³-hybridized carbons (Fsp3) is 0.120. The minimum absolute atomic E-state index is 0.0228. The molecule has 178 valence electrons. The van der Waals surface area contributed by atoms with E-state index in [1.54, 1.807) is 13.2 Å². The number of methoxy groups -OCH3 is 1. The first kappa shape index (κ1) is 24.4. The number of thioether (sulfide) groups is 1. The zero-order chi connectivity index (χ0) is 24.8. The van der Waals surface area contributed by atoms with Crippen LogP contribution in [0.15, 0.2) is 77.0 Å². The first-order valence-electron chi connectivity index (χ1n) is 10.5. The highest BCUT2D eigenvalue weighted by Crippen LogP contribution is 2.29. The molecule has 0 spiro atoms. The van der Waals surface area contributed by atoms with E-state index in [9.17, 15) is 9.18 Å². The smallest absolute Gasteiger partial charge is 0.250 e. The van der Waals surface area contributed by atoms with Crippen LogP contribution in [0.1, 0.15) is 11.1 Å². The van der Waals surface area contributed by atoms with Gasteiger partial charge in [0.15, 0.2) is 11.0 Å². The number of hydrogen-bond donors (Lipinski definition) is 1. The Morgan fingerprint density at radius 3 is 2.57 bits per heavy atom. The lowest BCUT2D eigenvalue weighted by Crippen LogP contribution is -2.20. The Balaban J connectivity index is 1.53. The van der Waals surface area contributed by atoms with Crippen molar-refractivity contribution in [2.75, 3.05) is 12.9 Å². The lowest BCUT2D eigenvalue weighted by Gasteiger charge is -2.11. The maximum absolute atomic E-state index is 13.8. The Bertz CT molecular complexity index is 1340. The fourth-order valence-corrected chi connectivity index (χ4v) is 4.14. The molecule has 10 heteroatoms. The van der Waals surface area contributed by atoms with E-state index in [4.69, 9.17) is 16.3 Å². The van der Waals surface area contributed by atoms with Crippen LogP contribution in [0.3, 0.4) is 0 Å². The number of amides is 1. The molecule has 1 N–H and O–H groups in total. The largest absolute Gasteiger partial charge is 0.497 e. The van der Waals surface area contributed by atoms with Gasteiger partial charge < -0.3 is 4.74 Å². The highest BCUT2D eigenvalue weighted by atomic mass is 35.5. The third-order valence-electron chi connectivity index (χ3n) is 4.99. The molecular weight excluding hydrogens is 489 g/mol. The lowest BCUT2D eigenvalue weighted by molar-refractivity contribution is -0.118. The molecule has 4 aromatic rings. The van der Waals surface area contributed by atoms with Crippen LogP contribution in [0.5, 0.6) is 5.75 Å². The van der Waals surface area contributed by atoms with Gasteiger partial charge in [-0.2, -0.15) is 5.10 Å². The fourth-order valence-electron chi connectivity index (χ4n) is 3.18. The van der Waals surface area contributed by atoms with E-state index in [1.165, 1.54) is 30.1 Å². The summed E-state index contributed by atoms with van der Waals surface area (Å²) < 4.78 is 21.0. The van der Waals surface area contributed by atoms with Crippen LogP contribution in [-0.4, -0.2) is 39.7 Å². The van der Waals surface area contributed by atoms with Gasteiger partial charge in [0, 0.05) is 16.8 Å². The maximum atomic E-state index is 13.8. The van der Waals surface area contributed by atoms with Crippen molar-refractivity contribution in [2.45, 2.75) is 12.1 Å². The SMILES string of the molecule is COc1ccc(-c2nnc(SCC(=O)N/N=C\c3c(F)cccc3Cl)n2-c2ccc(C)cc2)cc1. The molecule has 35 heavy (non-hydrogen) atoms. The summed E-state index contributed by atoms with van der Waals surface area (Å²) >= 11 is 7.18. The molecule has 0 unspecified atom stereocenters. The van der Waals surface area contributed by atoms with Crippen molar-refractivity contribution in [1.29, 1.82) is 0 Å². The van der Waals surface area contributed by atoms with Crippen molar-refractivity contribution in [2.24, 2.45) is 5.10 Å². The van der Waals surface area contributed by atoms with Gasteiger partial charge in [0.05, 0.1) is 24.1 Å². The molecule has 0 bridgehead atoms. The Hall–Kier alpha value is -3.69. The van der Waals surface area contributed by atoms with Crippen molar-refractivity contribution in [3.05, 3.63) is 88.7 Å². The van der Waals surface area contributed by atoms with Crippen molar-refractivity contribution in [3.8, 4) is 22.8 Å². The molecule has 0 saturated carbocycles. The number of nitrogens with zero attached hydrogens (tertiary/aromatic N) is 4. The van der Waals surface area contributed by atoms with Gasteiger partial charge in [0.25, 0.3) is 5.91 Å². The second kappa shape index (κ2) is 11.2. The van der Waals surface area contributed by atoms with Gasteiger partial charge in [-0.1, -0.05) is 47.1 Å². The number of hydrazone groups is 1. The lowest BCUT2D eigenvalue weighted by atomic mass is 10.2. The normalized spacial score (nSPS) is 11.1. The molecule has 0 saturated heterocycles. The van der Waals surface area contributed by atoms with Crippen LogP contribution < -0.4 is 10.2 Å². The molecule has 0 aliphatic carbocycles. The average molecular weight is 510 g/mol. The first-order chi connectivity index (χ1) is 17.0. The van der Waals surface area contributed by atoms with E-state index in [2.05, 4.69) is 20.7 Å². The van der Waals surface area contributed by atoms with E-state index < -0.39 is 5.82 Å². The molecule has 1 heterocycles. The molecule has 0 aliphatic rings. The number of aryl methyl sites for hydroxylation is 1. The molecule has 1 amide bonds. The summed E-state index contributed by atoms with van der Waals surface area (Å²) in [7, 11) is 1.61. The third-order valence-corrected chi connectivity index (χ3v) is 6.25. The van der Waals surface area contributed by atoms with Gasteiger partial charge in [-0.25, -0.2) is 9.82 Å². The minimum atomic E-state index is -0.526. The summed E-state index contributed by atoms with van der Waals surface area (Å²) in [6.45, 7) is 2.01. The summed E-state index contributed by atoms with van der Waals surface area (Å²) in [4.78, 5) is 12.4. The second-order valence-corrected chi connectivity index (χ2v) is 8.77. The summed E-state index contributed by atoms with van der Waals surface area (Å²) in [6, 6.07) is 19.7. The van der Waals surface area contributed by atoms with E-state index in [0.717, 1.165) is 22.6 Å². The van der Waals surface area contributed by atoms with E-state index in [1.807, 2.05) is 60.0 Å². The number of hydrogen-bond acceptors (Lipinski definition) is 6. The standard InChI is InChI=1S/C25H21ClFN5O2S/c1-16-6-10-18(11-7-16)32-24(17-8-12-19(34-2)13-9-17)30-31-25(32)35-15-23(33)29-28-14-20-21(26)4-3-5-22(20)27/h3-14H,15H2,1-2H3,(H,29,33)/b28-14-. The van der Waals surface area contributed by atoms with E-state index in [-0.39, 0.29) is 22.2 Å². The number of ether oxygens (including phenoxy) is 1. The van der Waals surface area contributed by atoms with Crippen LogP contribution >= 0.6 is 23.4 Å². The van der Waals surface area contributed by atoms with Crippen molar-refractivity contribution < 1.29 is 13.9 Å². The molecule has 0 atom stereocenters. The molecule has 0 radical (unpaired) electrons. The third kappa shape index (κ3) is 5.87. The van der Waals surface area contributed by atoms with Crippen LogP contribution in [-0.2, 0) is 4.79 Å². The number of halogens is 2. The quantitative estimate of drug-likeness (QED) is 0.198. The summed E-state index contributed by atoms with van der Waals surface area (Å²) in [5.41, 5.74) is 5.32. The highest BCUT2D eigenvalue weighted by molar-refractivity contribution is 7.99. The van der Waals surface area contributed by atoms with Gasteiger partial charge in [-0.15, -0.1) is 10.2 Å². The monoisotopic (exact) mass is 509 g/mol. The molecular formula is C25H21ClFN5O2S. The van der Waals surface area contributed by atoms with Gasteiger partial charge in [-0.3, -0.25) is 9.36 Å². The molecule has 4 rings (SSSR count). The van der Waals surface area contributed by atoms with Gasteiger partial charge in [0.1, 0.15) is 11.6 Å². The summed E-state index contributed by atoms with van der Waals surface area (Å²) in [6.07, 6.45) is 1.18. The number of rotatable bonds is 8.